The molecular formula is C22H24N2O3. The van der Waals surface area contributed by atoms with Gasteiger partial charge in [0.1, 0.15) is 13.2 Å². The Hall–Kier alpha value is -3.00. The number of ether oxygens (including phenoxy) is 2. The van der Waals surface area contributed by atoms with Crippen molar-refractivity contribution in [3.63, 3.8) is 0 Å². The fourth-order valence-corrected chi connectivity index (χ4v) is 3.14. The lowest BCUT2D eigenvalue weighted by atomic mass is 9.95. The van der Waals surface area contributed by atoms with E-state index in [2.05, 4.69) is 25.2 Å². The van der Waals surface area contributed by atoms with Crippen molar-refractivity contribution in [2.24, 2.45) is 5.92 Å². The standard InChI is InChI=1S/C22H24N2O3/c1-15(2)22(18-8-9-19-20(13-18)27-12-11-26-19)24-21(25)10-7-16-3-5-17(14-23)6-4-16/h3-6,8-9,13,15,22H,7,10-12H2,1-2H3,(H,24,25). The van der Waals surface area contributed by atoms with Gasteiger partial charge in [0.15, 0.2) is 11.5 Å². The molecule has 1 atom stereocenters. The fraction of sp³-hybridized carbons (Fsp3) is 0.364. The van der Waals surface area contributed by atoms with E-state index in [1.165, 1.54) is 0 Å². The van der Waals surface area contributed by atoms with Gasteiger partial charge in [-0.2, -0.15) is 5.26 Å². The largest absolute Gasteiger partial charge is 0.486 e. The molecule has 2 aromatic rings. The first-order valence-corrected chi connectivity index (χ1v) is 9.25. The maximum Gasteiger partial charge on any atom is 0.220 e. The van der Waals surface area contributed by atoms with Gasteiger partial charge in [-0.1, -0.05) is 32.0 Å². The van der Waals surface area contributed by atoms with Crippen molar-refractivity contribution in [3.8, 4) is 17.6 Å². The molecule has 5 heteroatoms. The molecule has 2 aromatic carbocycles. The van der Waals surface area contributed by atoms with Gasteiger partial charge in [0.2, 0.25) is 5.91 Å². The number of carbonyl (C=O) groups excluding carboxylic acids is 1. The molecular weight excluding hydrogens is 340 g/mol. The average molecular weight is 364 g/mol. The van der Waals surface area contributed by atoms with E-state index in [0.29, 0.717) is 31.6 Å². The number of nitrogens with one attached hydrogen (secondary N) is 1. The first kappa shape index (κ1) is 18.8. The van der Waals surface area contributed by atoms with Crippen LogP contribution in [0, 0.1) is 17.2 Å². The summed E-state index contributed by atoms with van der Waals surface area (Å²) in [5, 5.41) is 12.0. The topological polar surface area (TPSA) is 71.4 Å². The van der Waals surface area contributed by atoms with Crippen molar-refractivity contribution in [3.05, 3.63) is 59.2 Å². The molecule has 1 unspecified atom stereocenters. The van der Waals surface area contributed by atoms with Crippen molar-refractivity contribution >= 4 is 5.91 Å². The quantitative estimate of drug-likeness (QED) is 0.847. The van der Waals surface area contributed by atoms with Crippen molar-refractivity contribution in [2.75, 3.05) is 13.2 Å². The summed E-state index contributed by atoms with van der Waals surface area (Å²) in [5.41, 5.74) is 2.69. The summed E-state index contributed by atoms with van der Waals surface area (Å²) < 4.78 is 11.2. The number of benzene rings is 2. The Labute approximate surface area is 159 Å². The smallest absolute Gasteiger partial charge is 0.220 e. The summed E-state index contributed by atoms with van der Waals surface area (Å²) in [5.74, 6) is 1.73. The van der Waals surface area contributed by atoms with Crippen LogP contribution in [-0.4, -0.2) is 19.1 Å². The van der Waals surface area contributed by atoms with Crippen LogP contribution in [0.3, 0.4) is 0 Å². The highest BCUT2D eigenvalue weighted by molar-refractivity contribution is 5.76. The normalized spacial score (nSPS) is 13.7. The molecule has 3 rings (SSSR count). The predicted octanol–water partition coefficient (Wildman–Crippen LogP) is 3.78. The molecule has 1 aliphatic rings. The van der Waals surface area contributed by atoms with Crippen LogP contribution < -0.4 is 14.8 Å². The van der Waals surface area contributed by atoms with Gasteiger partial charge >= 0.3 is 0 Å². The van der Waals surface area contributed by atoms with Crippen molar-refractivity contribution in [2.45, 2.75) is 32.7 Å². The minimum Gasteiger partial charge on any atom is -0.486 e. The highest BCUT2D eigenvalue weighted by Crippen LogP contribution is 2.34. The van der Waals surface area contributed by atoms with Gasteiger partial charge in [-0.05, 0) is 47.7 Å². The van der Waals surface area contributed by atoms with Crippen LogP contribution in [0.2, 0.25) is 0 Å². The van der Waals surface area contributed by atoms with Crippen LogP contribution in [-0.2, 0) is 11.2 Å². The average Bonchev–Trinajstić information content (AvgIpc) is 2.70. The summed E-state index contributed by atoms with van der Waals surface area (Å²) in [6, 6.07) is 15.2. The van der Waals surface area contributed by atoms with Crippen LogP contribution in [0.5, 0.6) is 11.5 Å². The van der Waals surface area contributed by atoms with Gasteiger partial charge in [0.25, 0.3) is 0 Å². The lowest BCUT2D eigenvalue weighted by Gasteiger charge is -2.25. The summed E-state index contributed by atoms with van der Waals surface area (Å²) in [6.07, 6.45) is 1.04. The molecule has 0 saturated carbocycles. The number of nitriles is 1. The molecule has 0 aromatic heterocycles. The first-order valence-electron chi connectivity index (χ1n) is 9.25. The fourth-order valence-electron chi connectivity index (χ4n) is 3.14. The Morgan fingerprint density at radius 1 is 1.11 bits per heavy atom. The second-order valence-electron chi connectivity index (χ2n) is 7.00. The van der Waals surface area contributed by atoms with Crippen molar-refractivity contribution < 1.29 is 14.3 Å². The van der Waals surface area contributed by atoms with E-state index in [0.717, 1.165) is 22.6 Å². The lowest BCUT2D eigenvalue weighted by molar-refractivity contribution is -0.122. The number of nitrogens with zero attached hydrogens (tertiary/aromatic N) is 1. The van der Waals surface area contributed by atoms with E-state index in [9.17, 15) is 4.79 Å². The minimum absolute atomic E-state index is 0.00736. The summed E-state index contributed by atoms with van der Waals surface area (Å²) in [6.45, 7) is 5.27. The molecule has 0 fully saturated rings. The second-order valence-corrected chi connectivity index (χ2v) is 7.00. The van der Waals surface area contributed by atoms with E-state index in [-0.39, 0.29) is 17.9 Å². The lowest BCUT2D eigenvalue weighted by Crippen LogP contribution is -2.32. The Balaban J connectivity index is 1.63. The molecule has 0 saturated heterocycles. The number of hydrogen-bond donors (Lipinski definition) is 1. The van der Waals surface area contributed by atoms with Gasteiger partial charge in [-0.15, -0.1) is 0 Å². The monoisotopic (exact) mass is 364 g/mol. The number of rotatable bonds is 6. The molecule has 27 heavy (non-hydrogen) atoms. The van der Waals surface area contributed by atoms with Gasteiger partial charge in [0.05, 0.1) is 17.7 Å². The maximum absolute atomic E-state index is 12.5. The van der Waals surface area contributed by atoms with Crippen molar-refractivity contribution in [1.82, 2.24) is 5.32 Å². The summed E-state index contributed by atoms with van der Waals surface area (Å²) >= 11 is 0. The molecule has 1 heterocycles. The van der Waals surface area contributed by atoms with Crippen LogP contribution in [0.25, 0.3) is 0 Å². The summed E-state index contributed by atoms with van der Waals surface area (Å²) in [7, 11) is 0. The van der Waals surface area contributed by atoms with Gasteiger partial charge in [-0.3, -0.25) is 4.79 Å². The van der Waals surface area contributed by atoms with Gasteiger partial charge < -0.3 is 14.8 Å². The van der Waals surface area contributed by atoms with Crippen molar-refractivity contribution in [1.29, 1.82) is 5.26 Å². The zero-order chi connectivity index (χ0) is 19.2. The van der Waals surface area contributed by atoms with E-state index in [1.54, 1.807) is 12.1 Å². The third kappa shape index (κ3) is 4.79. The minimum atomic E-state index is -0.0886. The van der Waals surface area contributed by atoms with Crippen LogP contribution in [0.4, 0.5) is 0 Å². The third-order valence-corrected chi connectivity index (χ3v) is 4.63. The highest BCUT2D eigenvalue weighted by atomic mass is 16.6. The maximum atomic E-state index is 12.5. The number of hydrogen-bond acceptors (Lipinski definition) is 4. The van der Waals surface area contributed by atoms with Crippen LogP contribution >= 0.6 is 0 Å². The molecule has 140 valence electrons. The molecule has 5 nitrogen and oxygen atoms in total. The summed E-state index contributed by atoms with van der Waals surface area (Å²) in [4.78, 5) is 12.5. The predicted molar refractivity (Wildman–Crippen MR) is 103 cm³/mol. The molecule has 0 bridgehead atoms. The zero-order valence-corrected chi connectivity index (χ0v) is 15.7. The molecule has 1 N–H and O–H groups in total. The second kappa shape index (κ2) is 8.59. The molecule has 0 spiro atoms. The van der Waals surface area contributed by atoms with E-state index >= 15 is 0 Å². The number of carbonyl (C=O) groups is 1. The van der Waals surface area contributed by atoms with E-state index in [1.807, 2.05) is 30.3 Å². The molecule has 1 amide bonds. The number of amides is 1. The number of fused-ring (bicyclic) bond motifs is 1. The Bertz CT molecular complexity index is 838. The highest BCUT2D eigenvalue weighted by Gasteiger charge is 2.21. The first-order chi connectivity index (χ1) is 13.1. The van der Waals surface area contributed by atoms with E-state index in [4.69, 9.17) is 14.7 Å². The molecule has 1 aliphatic heterocycles. The Kier molecular flexibility index (Phi) is 5.97. The molecule has 0 aliphatic carbocycles. The SMILES string of the molecule is CC(C)C(NC(=O)CCc1ccc(C#N)cc1)c1ccc2c(c1)OCCO2. The third-order valence-electron chi connectivity index (χ3n) is 4.63. The zero-order valence-electron chi connectivity index (χ0n) is 15.7. The van der Waals surface area contributed by atoms with Gasteiger partial charge in [-0.25, -0.2) is 0 Å². The van der Waals surface area contributed by atoms with E-state index < -0.39 is 0 Å². The Morgan fingerprint density at radius 2 is 1.81 bits per heavy atom. The van der Waals surface area contributed by atoms with Crippen LogP contribution in [0.15, 0.2) is 42.5 Å². The number of aryl methyl sites for hydroxylation is 1. The van der Waals surface area contributed by atoms with Crippen LogP contribution in [0.1, 0.15) is 43.0 Å². The molecule has 0 radical (unpaired) electrons. The Morgan fingerprint density at radius 3 is 2.48 bits per heavy atom. The van der Waals surface area contributed by atoms with Gasteiger partial charge in [0, 0.05) is 6.42 Å².